The first-order chi connectivity index (χ1) is 12.7. The first-order valence-electron chi connectivity index (χ1n) is 9.75. The minimum atomic E-state index is 0.0953. The van der Waals surface area contributed by atoms with Crippen LogP contribution >= 0.6 is 0 Å². The van der Waals surface area contributed by atoms with Crippen LogP contribution in [-0.2, 0) is 11.3 Å². The van der Waals surface area contributed by atoms with Gasteiger partial charge in [0.1, 0.15) is 0 Å². The van der Waals surface area contributed by atoms with Gasteiger partial charge in [0.05, 0.1) is 6.61 Å². The van der Waals surface area contributed by atoms with E-state index >= 15 is 0 Å². The summed E-state index contributed by atoms with van der Waals surface area (Å²) in [6.45, 7) is 9.17. The standard InChI is InChI=1S/C20H32N4O2/c1-26-14-13-22-9-11-24(12-10-22)20(25)21-15-19-7-8-23(17-19)16-18-5-3-2-4-6-18/h2-6,19H,7-17H2,1H3,(H,21,25). The third-order valence-electron chi connectivity index (χ3n) is 5.43. The van der Waals surface area contributed by atoms with Gasteiger partial charge < -0.3 is 15.0 Å². The van der Waals surface area contributed by atoms with Gasteiger partial charge in [-0.1, -0.05) is 30.3 Å². The van der Waals surface area contributed by atoms with Gasteiger partial charge in [0.15, 0.2) is 0 Å². The maximum atomic E-state index is 12.4. The molecule has 1 atom stereocenters. The van der Waals surface area contributed by atoms with Crippen LogP contribution in [0.25, 0.3) is 0 Å². The molecule has 2 aliphatic rings. The Balaban J connectivity index is 1.33. The smallest absolute Gasteiger partial charge is 0.317 e. The summed E-state index contributed by atoms with van der Waals surface area (Å²) >= 11 is 0. The molecular weight excluding hydrogens is 328 g/mol. The van der Waals surface area contributed by atoms with E-state index in [4.69, 9.17) is 4.74 Å². The second-order valence-corrected chi connectivity index (χ2v) is 7.38. The second-order valence-electron chi connectivity index (χ2n) is 7.38. The van der Waals surface area contributed by atoms with Crippen LogP contribution in [0, 0.1) is 5.92 Å². The van der Waals surface area contributed by atoms with Crippen molar-refractivity contribution in [2.45, 2.75) is 13.0 Å². The monoisotopic (exact) mass is 360 g/mol. The van der Waals surface area contributed by atoms with Gasteiger partial charge in [-0.3, -0.25) is 9.80 Å². The van der Waals surface area contributed by atoms with Gasteiger partial charge >= 0.3 is 6.03 Å². The molecule has 0 bridgehead atoms. The maximum absolute atomic E-state index is 12.4. The number of carbonyl (C=O) groups is 1. The van der Waals surface area contributed by atoms with Crippen molar-refractivity contribution in [1.29, 1.82) is 0 Å². The van der Waals surface area contributed by atoms with Crippen molar-refractivity contribution in [2.24, 2.45) is 5.92 Å². The number of hydrogen-bond donors (Lipinski definition) is 1. The molecule has 2 fully saturated rings. The van der Waals surface area contributed by atoms with Crippen LogP contribution in [0.5, 0.6) is 0 Å². The Labute approximate surface area is 157 Å². The fraction of sp³-hybridized carbons (Fsp3) is 0.650. The summed E-state index contributed by atoms with van der Waals surface area (Å²) in [5.74, 6) is 0.561. The molecule has 0 aliphatic carbocycles. The van der Waals surface area contributed by atoms with E-state index < -0.39 is 0 Å². The van der Waals surface area contributed by atoms with Crippen LogP contribution in [0.3, 0.4) is 0 Å². The zero-order valence-corrected chi connectivity index (χ0v) is 15.9. The van der Waals surface area contributed by atoms with Crippen molar-refractivity contribution in [1.82, 2.24) is 20.0 Å². The second kappa shape index (κ2) is 9.90. The van der Waals surface area contributed by atoms with Crippen molar-refractivity contribution in [2.75, 3.05) is 66.1 Å². The molecule has 0 aromatic heterocycles. The summed E-state index contributed by atoms with van der Waals surface area (Å²) in [7, 11) is 1.73. The van der Waals surface area contributed by atoms with Gasteiger partial charge in [0, 0.05) is 59.5 Å². The molecular formula is C20H32N4O2. The maximum Gasteiger partial charge on any atom is 0.317 e. The third-order valence-corrected chi connectivity index (χ3v) is 5.43. The van der Waals surface area contributed by atoms with Gasteiger partial charge in [-0.05, 0) is 24.4 Å². The molecule has 2 amide bonds. The number of nitrogens with one attached hydrogen (secondary N) is 1. The summed E-state index contributed by atoms with van der Waals surface area (Å²) in [5.41, 5.74) is 1.36. The Hall–Kier alpha value is -1.63. The van der Waals surface area contributed by atoms with Crippen molar-refractivity contribution in [3.63, 3.8) is 0 Å². The van der Waals surface area contributed by atoms with Crippen molar-refractivity contribution < 1.29 is 9.53 Å². The normalized spacial score (nSPS) is 21.9. The number of rotatable bonds is 7. The number of methoxy groups -OCH3 is 1. The molecule has 6 heteroatoms. The molecule has 144 valence electrons. The largest absolute Gasteiger partial charge is 0.383 e. The van der Waals surface area contributed by atoms with E-state index in [2.05, 4.69) is 45.4 Å². The Morgan fingerprint density at radius 2 is 1.88 bits per heavy atom. The van der Waals surface area contributed by atoms with E-state index in [1.54, 1.807) is 7.11 Å². The summed E-state index contributed by atoms with van der Waals surface area (Å²) in [5, 5.41) is 3.15. The molecule has 0 radical (unpaired) electrons. The van der Waals surface area contributed by atoms with E-state index in [-0.39, 0.29) is 6.03 Å². The van der Waals surface area contributed by atoms with Crippen LogP contribution < -0.4 is 5.32 Å². The first-order valence-corrected chi connectivity index (χ1v) is 9.75. The van der Waals surface area contributed by atoms with E-state index in [1.165, 1.54) is 5.56 Å². The molecule has 6 nitrogen and oxygen atoms in total. The Morgan fingerprint density at radius 3 is 2.62 bits per heavy atom. The Morgan fingerprint density at radius 1 is 1.12 bits per heavy atom. The summed E-state index contributed by atoms with van der Waals surface area (Å²) in [6.07, 6.45) is 1.16. The van der Waals surface area contributed by atoms with Crippen molar-refractivity contribution in [3.05, 3.63) is 35.9 Å². The number of amides is 2. The van der Waals surface area contributed by atoms with E-state index in [9.17, 15) is 4.79 Å². The highest BCUT2D eigenvalue weighted by Gasteiger charge is 2.25. The quantitative estimate of drug-likeness (QED) is 0.800. The number of ether oxygens (including phenoxy) is 1. The number of benzene rings is 1. The van der Waals surface area contributed by atoms with Crippen LogP contribution in [0.1, 0.15) is 12.0 Å². The number of likely N-dealkylation sites (tertiary alicyclic amines) is 1. The zero-order valence-electron chi connectivity index (χ0n) is 15.9. The minimum Gasteiger partial charge on any atom is -0.383 e. The van der Waals surface area contributed by atoms with Gasteiger partial charge in [0.25, 0.3) is 0 Å². The van der Waals surface area contributed by atoms with Gasteiger partial charge in [-0.15, -0.1) is 0 Å². The van der Waals surface area contributed by atoms with E-state index in [1.807, 2.05) is 4.90 Å². The molecule has 0 saturated carbocycles. The van der Waals surface area contributed by atoms with Crippen molar-refractivity contribution in [3.8, 4) is 0 Å². The molecule has 1 aromatic rings. The average molecular weight is 361 g/mol. The van der Waals surface area contributed by atoms with Crippen LogP contribution in [0.4, 0.5) is 4.79 Å². The Kier molecular flexibility index (Phi) is 7.29. The van der Waals surface area contributed by atoms with Crippen LogP contribution in [0.15, 0.2) is 30.3 Å². The highest BCUT2D eigenvalue weighted by Crippen LogP contribution is 2.18. The highest BCUT2D eigenvalue weighted by atomic mass is 16.5. The predicted molar refractivity (Wildman–Crippen MR) is 103 cm³/mol. The molecule has 3 rings (SSSR count). The fourth-order valence-electron chi connectivity index (χ4n) is 3.80. The molecule has 1 unspecified atom stereocenters. The summed E-state index contributed by atoms with van der Waals surface area (Å²) < 4.78 is 5.12. The molecule has 0 spiro atoms. The molecule has 2 heterocycles. The highest BCUT2D eigenvalue weighted by molar-refractivity contribution is 5.74. The van der Waals surface area contributed by atoms with Gasteiger partial charge in [0.2, 0.25) is 0 Å². The summed E-state index contributed by atoms with van der Waals surface area (Å²) in [6, 6.07) is 10.7. The van der Waals surface area contributed by atoms with E-state index in [0.29, 0.717) is 5.92 Å². The summed E-state index contributed by atoms with van der Waals surface area (Å²) in [4.78, 5) is 19.2. The number of hydrogen-bond acceptors (Lipinski definition) is 4. The molecule has 2 saturated heterocycles. The topological polar surface area (TPSA) is 48.1 Å². The number of urea groups is 1. The third kappa shape index (κ3) is 5.69. The number of carbonyl (C=O) groups excluding carboxylic acids is 1. The zero-order chi connectivity index (χ0) is 18.2. The molecule has 1 aromatic carbocycles. The minimum absolute atomic E-state index is 0.0953. The van der Waals surface area contributed by atoms with Gasteiger partial charge in [-0.2, -0.15) is 0 Å². The average Bonchev–Trinajstić information content (AvgIpc) is 3.13. The number of piperazine rings is 1. The first kappa shape index (κ1) is 19.1. The fourth-order valence-corrected chi connectivity index (χ4v) is 3.80. The number of nitrogens with zero attached hydrogens (tertiary/aromatic N) is 3. The van der Waals surface area contributed by atoms with Crippen molar-refractivity contribution >= 4 is 6.03 Å². The SMILES string of the molecule is COCCN1CCN(C(=O)NCC2CCN(Cc3ccccc3)C2)CC1. The molecule has 1 N–H and O–H groups in total. The lowest BCUT2D eigenvalue weighted by Crippen LogP contribution is -2.52. The predicted octanol–water partition coefficient (Wildman–Crippen LogP) is 1.48. The van der Waals surface area contributed by atoms with Gasteiger partial charge in [-0.25, -0.2) is 4.79 Å². The molecule has 2 aliphatic heterocycles. The van der Waals surface area contributed by atoms with E-state index in [0.717, 1.165) is 71.9 Å². The lowest BCUT2D eigenvalue weighted by atomic mass is 10.1. The van der Waals surface area contributed by atoms with Crippen LogP contribution in [0.2, 0.25) is 0 Å². The van der Waals surface area contributed by atoms with Crippen LogP contribution in [-0.4, -0.2) is 86.8 Å². The lowest BCUT2D eigenvalue weighted by Gasteiger charge is -2.34. The lowest BCUT2D eigenvalue weighted by molar-refractivity contribution is 0.106. The Bertz CT molecular complexity index is 546. The molecule has 26 heavy (non-hydrogen) atoms.